The van der Waals surface area contributed by atoms with E-state index in [0.717, 1.165) is 37.4 Å². The summed E-state index contributed by atoms with van der Waals surface area (Å²) in [6.45, 7) is 9.31. The highest BCUT2D eigenvalue weighted by Crippen LogP contribution is 2.40. The van der Waals surface area contributed by atoms with Gasteiger partial charge in [0, 0.05) is 31.1 Å². The molecular formula is C23H30N2OS. The summed E-state index contributed by atoms with van der Waals surface area (Å²) < 4.78 is 0. The van der Waals surface area contributed by atoms with Crippen LogP contribution in [0.3, 0.4) is 0 Å². The van der Waals surface area contributed by atoms with E-state index in [0.29, 0.717) is 0 Å². The van der Waals surface area contributed by atoms with E-state index in [9.17, 15) is 4.79 Å². The van der Waals surface area contributed by atoms with Gasteiger partial charge < -0.3 is 9.80 Å². The van der Waals surface area contributed by atoms with E-state index in [1.807, 2.05) is 30.0 Å². The number of hydrogen-bond donors (Lipinski definition) is 0. The smallest absolute Gasteiger partial charge is 0.231 e. The lowest BCUT2D eigenvalue weighted by Crippen LogP contribution is -2.34. The number of rotatable bonds is 7. The molecule has 27 heavy (non-hydrogen) atoms. The van der Waals surface area contributed by atoms with Gasteiger partial charge in [-0.25, -0.2) is 0 Å². The van der Waals surface area contributed by atoms with Gasteiger partial charge in [0.2, 0.25) is 5.91 Å². The van der Waals surface area contributed by atoms with Crippen LogP contribution in [0.5, 0.6) is 0 Å². The summed E-state index contributed by atoms with van der Waals surface area (Å²) in [6, 6.07) is 19.0. The predicted molar refractivity (Wildman–Crippen MR) is 116 cm³/mol. The zero-order valence-electron chi connectivity index (χ0n) is 16.6. The zero-order valence-corrected chi connectivity index (χ0v) is 17.4. The van der Waals surface area contributed by atoms with E-state index in [2.05, 4.69) is 67.0 Å². The van der Waals surface area contributed by atoms with Crippen molar-refractivity contribution in [2.24, 2.45) is 0 Å². The van der Waals surface area contributed by atoms with Gasteiger partial charge in [-0.1, -0.05) is 49.4 Å². The third kappa shape index (κ3) is 4.32. The van der Waals surface area contributed by atoms with Gasteiger partial charge in [-0.3, -0.25) is 4.79 Å². The Kier molecular flexibility index (Phi) is 6.84. The first kappa shape index (κ1) is 19.8. The second-order valence-electron chi connectivity index (χ2n) is 6.89. The molecule has 2 aromatic carbocycles. The number of anilines is 1. The Morgan fingerprint density at radius 3 is 2.33 bits per heavy atom. The molecule has 1 aliphatic rings. The van der Waals surface area contributed by atoms with Crippen LogP contribution in [0.15, 0.2) is 54.6 Å². The SMILES string of the molecule is CCC(C(=O)N1CCSC1c1ccc(N(CC)CC)cc1)c1ccccc1. The standard InChI is InChI=1S/C23H30N2OS/c1-4-21(18-10-8-7-9-11-18)22(26)25-16-17-27-23(25)19-12-14-20(15-13-19)24(5-2)6-3/h7-15,21,23H,4-6,16-17H2,1-3H3. The predicted octanol–water partition coefficient (Wildman–Crippen LogP) is 5.30. The minimum absolute atomic E-state index is 0.0534. The van der Waals surface area contributed by atoms with Crippen molar-refractivity contribution in [1.29, 1.82) is 0 Å². The molecule has 0 bridgehead atoms. The van der Waals surface area contributed by atoms with Crippen LogP contribution in [0.25, 0.3) is 0 Å². The summed E-state index contributed by atoms with van der Waals surface area (Å²) in [5.74, 6) is 1.20. The molecule has 1 aliphatic heterocycles. The van der Waals surface area contributed by atoms with E-state index in [1.165, 1.54) is 11.3 Å². The Labute approximate surface area is 167 Å². The van der Waals surface area contributed by atoms with Gasteiger partial charge in [-0.15, -0.1) is 11.8 Å². The lowest BCUT2D eigenvalue weighted by Gasteiger charge is -2.29. The van der Waals surface area contributed by atoms with Crippen LogP contribution in [0, 0.1) is 0 Å². The first-order valence-electron chi connectivity index (χ1n) is 10.0. The van der Waals surface area contributed by atoms with Crippen molar-refractivity contribution in [2.75, 3.05) is 30.3 Å². The molecular weight excluding hydrogens is 352 g/mol. The molecule has 0 aliphatic carbocycles. The Morgan fingerprint density at radius 2 is 1.74 bits per heavy atom. The van der Waals surface area contributed by atoms with Gasteiger partial charge in [0.05, 0.1) is 5.92 Å². The molecule has 2 unspecified atom stereocenters. The van der Waals surface area contributed by atoms with Crippen LogP contribution < -0.4 is 4.90 Å². The number of hydrogen-bond acceptors (Lipinski definition) is 3. The van der Waals surface area contributed by atoms with E-state index in [4.69, 9.17) is 0 Å². The molecule has 2 atom stereocenters. The van der Waals surface area contributed by atoms with Crippen molar-refractivity contribution in [3.05, 3.63) is 65.7 Å². The van der Waals surface area contributed by atoms with E-state index >= 15 is 0 Å². The topological polar surface area (TPSA) is 23.6 Å². The van der Waals surface area contributed by atoms with Crippen LogP contribution in [0.2, 0.25) is 0 Å². The van der Waals surface area contributed by atoms with E-state index < -0.39 is 0 Å². The lowest BCUT2D eigenvalue weighted by atomic mass is 9.95. The monoisotopic (exact) mass is 382 g/mol. The van der Waals surface area contributed by atoms with E-state index in [-0.39, 0.29) is 17.2 Å². The van der Waals surface area contributed by atoms with Gasteiger partial charge in [0.15, 0.2) is 0 Å². The maximum Gasteiger partial charge on any atom is 0.231 e. The second kappa shape index (κ2) is 9.32. The van der Waals surface area contributed by atoms with Gasteiger partial charge >= 0.3 is 0 Å². The van der Waals surface area contributed by atoms with Gasteiger partial charge in [-0.05, 0) is 43.5 Å². The van der Waals surface area contributed by atoms with Crippen LogP contribution in [0.1, 0.15) is 49.6 Å². The van der Waals surface area contributed by atoms with Crippen LogP contribution in [-0.2, 0) is 4.79 Å². The Morgan fingerprint density at radius 1 is 1.07 bits per heavy atom. The summed E-state index contributed by atoms with van der Waals surface area (Å²) in [7, 11) is 0. The quantitative estimate of drug-likeness (QED) is 0.649. The number of thioether (sulfide) groups is 1. The summed E-state index contributed by atoms with van der Waals surface area (Å²) >= 11 is 1.87. The van der Waals surface area contributed by atoms with E-state index in [1.54, 1.807) is 0 Å². The minimum Gasteiger partial charge on any atom is -0.372 e. The number of benzene rings is 2. The fraction of sp³-hybridized carbons (Fsp3) is 0.435. The molecule has 144 valence electrons. The summed E-state index contributed by atoms with van der Waals surface area (Å²) in [6.07, 6.45) is 0.831. The first-order chi connectivity index (χ1) is 13.2. The van der Waals surface area contributed by atoms with Gasteiger partial charge in [-0.2, -0.15) is 0 Å². The van der Waals surface area contributed by atoms with Crippen molar-refractivity contribution in [3.8, 4) is 0 Å². The zero-order chi connectivity index (χ0) is 19.2. The highest BCUT2D eigenvalue weighted by Gasteiger charge is 2.34. The molecule has 1 saturated heterocycles. The largest absolute Gasteiger partial charge is 0.372 e. The van der Waals surface area contributed by atoms with Gasteiger partial charge in [0.1, 0.15) is 5.37 Å². The van der Waals surface area contributed by atoms with Crippen molar-refractivity contribution in [1.82, 2.24) is 4.90 Å². The highest BCUT2D eigenvalue weighted by atomic mass is 32.2. The third-order valence-corrected chi connectivity index (χ3v) is 6.65. The fourth-order valence-corrected chi connectivity index (χ4v) is 5.11. The molecule has 1 heterocycles. The van der Waals surface area contributed by atoms with Crippen LogP contribution in [-0.4, -0.2) is 36.2 Å². The molecule has 0 radical (unpaired) electrons. The molecule has 3 nitrogen and oxygen atoms in total. The molecule has 0 N–H and O–H groups in total. The lowest BCUT2D eigenvalue weighted by molar-refractivity contribution is -0.133. The normalized spacial score (nSPS) is 17.7. The van der Waals surface area contributed by atoms with Crippen LogP contribution in [0.4, 0.5) is 5.69 Å². The van der Waals surface area contributed by atoms with Gasteiger partial charge in [0.25, 0.3) is 0 Å². The molecule has 0 aromatic heterocycles. The minimum atomic E-state index is -0.0534. The molecule has 2 aromatic rings. The molecule has 0 spiro atoms. The molecule has 0 saturated carbocycles. The number of amides is 1. The number of carbonyl (C=O) groups is 1. The Balaban J connectivity index is 1.79. The maximum absolute atomic E-state index is 13.3. The molecule has 1 amide bonds. The van der Waals surface area contributed by atoms with Crippen molar-refractivity contribution >= 4 is 23.4 Å². The first-order valence-corrected chi connectivity index (χ1v) is 11.1. The Bertz CT molecular complexity index is 728. The number of nitrogens with zero attached hydrogens (tertiary/aromatic N) is 2. The van der Waals surface area contributed by atoms with Crippen LogP contribution >= 0.6 is 11.8 Å². The average Bonchev–Trinajstić information content (AvgIpc) is 3.21. The summed E-state index contributed by atoms with van der Waals surface area (Å²) in [4.78, 5) is 17.8. The highest BCUT2D eigenvalue weighted by molar-refractivity contribution is 7.99. The molecule has 1 fully saturated rings. The maximum atomic E-state index is 13.3. The summed E-state index contributed by atoms with van der Waals surface area (Å²) in [5, 5.41) is 0.126. The van der Waals surface area contributed by atoms with Crippen molar-refractivity contribution < 1.29 is 4.79 Å². The summed E-state index contributed by atoms with van der Waals surface area (Å²) in [5.41, 5.74) is 3.60. The fourth-order valence-electron chi connectivity index (χ4n) is 3.85. The van der Waals surface area contributed by atoms with Crippen molar-refractivity contribution in [3.63, 3.8) is 0 Å². The second-order valence-corrected chi connectivity index (χ2v) is 8.08. The molecule has 4 heteroatoms. The average molecular weight is 383 g/mol. The molecule has 3 rings (SSSR count). The Hall–Kier alpha value is -1.94. The number of carbonyl (C=O) groups excluding carboxylic acids is 1. The van der Waals surface area contributed by atoms with Crippen molar-refractivity contribution in [2.45, 2.75) is 38.5 Å². The third-order valence-electron chi connectivity index (χ3n) is 5.39.